The van der Waals surface area contributed by atoms with Gasteiger partial charge in [0.2, 0.25) is 5.78 Å². The molecule has 4 nitrogen and oxygen atoms in total. The van der Waals surface area contributed by atoms with E-state index in [4.69, 9.17) is 0 Å². The van der Waals surface area contributed by atoms with E-state index in [0.717, 1.165) is 6.08 Å². The number of nitrogens with zero attached hydrogens (tertiary/aromatic N) is 1. The van der Waals surface area contributed by atoms with Crippen molar-refractivity contribution in [2.24, 2.45) is 5.73 Å². The predicted octanol–water partition coefficient (Wildman–Crippen LogP) is -0.884. The zero-order valence-corrected chi connectivity index (χ0v) is 6.00. The smallest absolute Gasteiger partial charge is 0.289 e. The van der Waals surface area contributed by atoms with Gasteiger partial charge in [-0.05, 0) is 0 Å². The van der Waals surface area contributed by atoms with Crippen molar-refractivity contribution in [1.29, 1.82) is 0 Å². The van der Waals surface area contributed by atoms with Crippen LogP contribution in [0.3, 0.4) is 0 Å². The highest BCUT2D eigenvalue weighted by Crippen LogP contribution is 1.78. The summed E-state index contributed by atoms with van der Waals surface area (Å²) in [7, 11) is 3.48. The zero-order valence-electron chi connectivity index (χ0n) is 6.00. The molecule has 0 aromatic carbocycles. The Labute approximate surface area is 59.3 Å². The highest BCUT2D eigenvalue weighted by Gasteiger charge is 2.01. The van der Waals surface area contributed by atoms with Gasteiger partial charge in [-0.1, -0.05) is 0 Å². The Bertz CT molecular complexity index is 173. The molecule has 0 atom stereocenters. The van der Waals surface area contributed by atoms with Gasteiger partial charge in [0.1, 0.15) is 0 Å². The van der Waals surface area contributed by atoms with Crippen LogP contribution in [0.4, 0.5) is 0 Å². The van der Waals surface area contributed by atoms with Gasteiger partial charge in [-0.15, -0.1) is 0 Å². The first-order valence-electron chi connectivity index (χ1n) is 2.72. The summed E-state index contributed by atoms with van der Waals surface area (Å²) in [5.74, 6) is -1.62. The van der Waals surface area contributed by atoms with Crippen LogP contribution in [0.1, 0.15) is 0 Å². The summed E-state index contributed by atoms with van der Waals surface area (Å²) in [6.45, 7) is 0. The lowest BCUT2D eigenvalue weighted by molar-refractivity contribution is -0.133. The summed E-state index contributed by atoms with van der Waals surface area (Å²) in [6, 6.07) is 0. The number of primary amides is 1. The predicted molar refractivity (Wildman–Crippen MR) is 37.0 cm³/mol. The molecular formula is C6H10N2O2. The highest BCUT2D eigenvalue weighted by atomic mass is 16.2. The summed E-state index contributed by atoms with van der Waals surface area (Å²) < 4.78 is 0. The second kappa shape index (κ2) is 3.66. The largest absolute Gasteiger partial charge is 0.383 e. The number of hydrogen-bond acceptors (Lipinski definition) is 3. The minimum Gasteiger partial charge on any atom is -0.383 e. The molecule has 2 N–H and O–H groups in total. The van der Waals surface area contributed by atoms with Crippen LogP contribution in [0.5, 0.6) is 0 Å². The number of carbonyl (C=O) groups is 2. The highest BCUT2D eigenvalue weighted by molar-refractivity contribution is 6.40. The molecule has 0 heterocycles. The third kappa shape index (κ3) is 3.65. The number of rotatable bonds is 3. The summed E-state index contributed by atoms with van der Waals surface area (Å²) in [5, 5.41) is 0. The molecule has 0 unspecified atom stereocenters. The Morgan fingerprint density at radius 1 is 1.40 bits per heavy atom. The van der Waals surface area contributed by atoms with Crippen LogP contribution in [-0.2, 0) is 9.59 Å². The van der Waals surface area contributed by atoms with Crippen LogP contribution in [0, 0.1) is 0 Å². The zero-order chi connectivity index (χ0) is 8.15. The van der Waals surface area contributed by atoms with Crippen LogP contribution in [0.15, 0.2) is 12.3 Å². The maximum absolute atomic E-state index is 10.5. The minimum atomic E-state index is -0.932. The quantitative estimate of drug-likeness (QED) is 0.411. The Hall–Kier alpha value is -1.32. The van der Waals surface area contributed by atoms with E-state index in [9.17, 15) is 9.59 Å². The molecule has 0 bridgehead atoms. The SMILES string of the molecule is CN(C)C=CC(=O)C(N)=O. The molecule has 4 heteroatoms. The number of hydrogen-bond donors (Lipinski definition) is 1. The lowest BCUT2D eigenvalue weighted by Crippen LogP contribution is -2.21. The lowest BCUT2D eigenvalue weighted by atomic mass is 10.4. The Balaban J connectivity index is 3.91. The number of carbonyl (C=O) groups excluding carboxylic acids is 2. The molecule has 0 saturated carbocycles. The first kappa shape index (κ1) is 8.68. The van der Waals surface area contributed by atoms with Crippen molar-refractivity contribution in [2.75, 3.05) is 14.1 Å². The first-order valence-corrected chi connectivity index (χ1v) is 2.72. The second-order valence-electron chi connectivity index (χ2n) is 2.01. The summed E-state index contributed by atoms with van der Waals surface area (Å²) in [4.78, 5) is 22.2. The fraction of sp³-hybridized carbons (Fsp3) is 0.333. The molecule has 0 aliphatic heterocycles. The van der Waals surface area contributed by atoms with Gasteiger partial charge in [0.05, 0.1) is 0 Å². The van der Waals surface area contributed by atoms with E-state index >= 15 is 0 Å². The summed E-state index contributed by atoms with van der Waals surface area (Å²) in [6.07, 6.45) is 2.59. The molecule has 0 aliphatic carbocycles. The summed E-state index contributed by atoms with van der Waals surface area (Å²) >= 11 is 0. The molecule has 1 amide bonds. The van der Waals surface area contributed by atoms with Crippen molar-refractivity contribution in [3.8, 4) is 0 Å². The average molecular weight is 142 g/mol. The van der Waals surface area contributed by atoms with Crippen LogP contribution >= 0.6 is 0 Å². The Morgan fingerprint density at radius 3 is 2.20 bits per heavy atom. The van der Waals surface area contributed by atoms with Crippen molar-refractivity contribution < 1.29 is 9.59 Å². The van der Waals surface area contributed by atoms with Gasteiger partial charge in [-0.25, -0.2) is 0 Å². The van der Waals surface area contributed by atoms with E-state index in [1.807, 2.05) is 0 Å². The average Bonchev–Trinajstić information content (AvgIpc) is 1.82. The third-order valence-electron chi connectivity index (χ3n) is 0.767. The topological polar surface area (TPSA) is 63.4 Å². The van der Waals surface area contributed by atoms with Gasteiger partial charge in [0.15, 0.2) is 0 Å². The van der Waals surface area contributed by atoms with Crippen molar-refractivity contribution in [2.45, 2.75) is 0 Å². The van der Waals surface area contributed by atoms with Crippen molar-refractivity contribution in [1.82, 2.24) is 4.90 Å². The molecule has 56 valence electrons. The van der Waals surface area contributed by atoms with E-state index in [2.05, 4.69) is 5.73 Å². The lowest BCUT2D eigenvalue weighted by Gasteiger charge is -2.00. The normalized spacial score (nSPS) is 9.80. The number of ketones is 1. The molecule has 0 aliphatic rings. The van der Waals surface area contributed by atoms with Crippen LogP contribution in [-0.4, -0.2) is 30.7 Å². The van der Waals surface area contributed by atoms with E-state index in [1.165, 1.54) is 6.20 Å². The van der Waals surface area contributed by atoms with Gasteiger partial charge in [0, 0.05) is 26.4 Å². The van der Waals surface area contributed by atoms with E-state index in [1.54, 1.807) is 19.0 Å². The van der Waals surface area contributed by atoms with E-state index < -0.39 is 11.7 Å². The molecule has 0 saturated heterocycles. The van der Waals surface area contributed by atoms with Gasteiger partial charge < -0.3 is 10.6 Å². The Morgan fingerprint density at radius 2 is 1.90 bits per heavy atom. The van der Waals surface area contributed by atoms with Crippen LogP contribution < -0.4 is 5.73 Å². The van der Waals surface area contributed by atoms with Gasteiger partial charge in [-0.2, -0.15) is 0 Å². The maximum atomic E-state index is 10.5. The molecule has 0 rings (SSSR count). The van der Waals surface area contributed by atoms with Crippen molar-refractivity contribution in [3.05, 3.63) is 12.3 Å². The third-order valence-corrected chi connectivity index (χ3v) is 0.767. The molecule has 0 fully saturated rings. The molecule has 0 spiro atoms. The monoisotopic (exact) mass is 142 g/mol. The van der Waals surface area contributed by atoms with Gasteiger partial charge in [0.25, 0.3) is 5.91 Å². The van der Waals surface area contributed by atoms with Gasteiger partial charge >= 0.3 is 0 Å². The first-order chi connectivity index (χ1) is 4.54. The fourth-order valence-corrected chi connectivity index (χ4v) is 0.299. The number of amides is 1. The van der Waals surface area contributed by atoms with Crippen molar-refractivity contribution in [3.63, 3.8) is 0 Å². The van der Waals surface area contributed by atoms with E-state index in [0.29, 0.717) is 0 Å². The van der Waals surface area contributed by atoms with Crippen LogP contribution in [0.25, 0.3) is 0 Å². The Kier molecular flexibility index (Phi) is 3.17. The summed E-state index contributed by atoms with van der Waals surface area (Å²) in [5.41, 5.74) is 4.66. The van der Waals surface area contributed by atoms with E-state index in [-0.39, 0.29) is 0 Å². The molecule has 0 aromatic heterocycles. The number of nitrogens with two attached hydrogens (primary N) is 1. The molecule has 0 radical (unpaired) electrons. The fourth-order valence-electron chi connectivity index (χ4n) is 0.299. The van der Waals surface area contributed by atoms with Crippen molar-refractivity contribution >= 4 is 11.7 Å². The van der Waals surface area contributed by atoms with Gasteiger partial charge in [-0.3, -0.25) is 9.59 Å². The maximum Gasteiger partial charge on any atom is 0.289 e. The van der Waals surface area contributed by atoms with Crippen LogP contribution in [0.2, 0.25) is 0 Å². The molecular weight excluding hydrogens is 132 g/mol. The minimum absolute atomic E-state index is 0.686. The molecule has 10 heavy (non-hydrogen) atoms. The standard InChI is InChI=1S/C6H10N2O2/c1-8(2)4-3-5(9)6(7)10/h3-4H,1-2H3,(H2,7,10). The molecule has 0 aromatic rings. The second-order valence-corrected chi connectivity index (χ2v) is 2.01.